The molecular weight excluding hydrogens is 286 g/mol. The fourth-order valence-electron chi connectivity index (χ4n) is 2.07. The summed E-state index contributed by atoms with van der Waals surface area (Å²) in [6, 6.07) is 7.95. The minimum Gasteiger partial charge on any atom is -0.440 e. The monoisotopic (exact) mass is 309 g/mol. The first kappa shape index (κ1) is 15.8. The third-order valence-electron chi connectivity index (χ3n) is 3.19. The highest BCUT2D eigenvalue weighted by Gasteiger charge is 2.04. The highest BCUT2D eigenvalue weighted by Crippen LogP contribution is 2.28. The van der Waals surface area contributed by atoms with E-state index in [0.29, 0.717) is 0 Å². The Morgan fingerprint density at radius 2 is 1.80 bits per heavy atom. The van der Waals surface area contributed by atoms with Crippen LogP contribution < -0.4 is 0 Å². The van der Waals surface area contributed by atoms with Crippen LogP contribution in [0.4, 0.5) is 0 Å². The predicted octanol–water partition coefficient (Wildman–Crippen LogP) is 6.07. The Balaban J connectivity index is 1.55. The van der Waals surface area contributed by atoms with Gasteiger partial charge in [-0.1, -0.05) is 72.7 Å². The first-order valence-electron chi connectivity index (χ1n) is 7.49. The van der Waals surface area contributed by atoms with E-state index in [1.807, 2.05) is 45.9 Å². The summed E-state index contributed by atoms with van der Waals surface area (Å²) in [4.78, 5) is 4.48. The molecule has 0 aliphatic carbocycles. The number of aromatic nitrogens is 1. The summed E-state index contributed by atoms with van der Waals surface area (Å²) in [7, 11) is 3.79. The van der Waals surface area contributed by atoms with E-state index in [-0.39, 0.29) is 0 Å². The maximum absolute atomic E-state index is 5.69. The van der Waals surface area contributed by atoms with E-state index in [9.17, 15) is 0 Å². The first-order chi connectivity index (χ1) is 9.90. The molecule has 0 fully saturated rings. The summed E-state index contributed by atoms with van der Waals surface area (Å²) in [5, 5.41) is 0. The Labute approximate surface area is 129 Å². The number of benzene rings is 1. The molecule has 0 bridgehead atoms. The molecule has 0 radical (unpaired) electrons. The normalized spacial score (nSPS) is 11.2. The fraction of sp³-hybridized carbons (Fsp3) is 0.562. The smallest absolute Gasteiger partial charge is 0.206 e. The van der Waals surface area contributed by atoms with E-state index in [2.05, 4.69) is 11.9 Å². The Kier molecular flexibility index (Phi) is 7.37. The molecule has 2 nitrogen and oxygen atoms in total. The molecule has 110 valence electrons. The molecule has 0 unspecified atom stereocenters. The van der Waals surface area contributed by atoms with Crippen molar-refractivity contribution in [2.45, 2.75) is 51.2 Å². The molecule has 0 aliphatic rings. The number of hydrogen-bond acceptors (Lipinski definition) is 4. The molecule has 0 saturated carbocycles. The van der Waals surface area contributed by atoms with Crippen molar-refractivity contribution in [3.8, 4) is 0 Å². The van der Waals surface area contributed by atoms with Gasteiger partial charge >= 0.3 is 0 Å². The van der Waals surface area contributed by atoms with Gasteiger partial charge in [-0.15, -0.1) is 0 Å². The van der Waals surface area contributed by atoms with E-state index in [0.717, 1.165) is 22.7 Å². The number of fused-ring (bicyclic) bond motifs is 1. The fourth-order valence-corrected chi connectivity index (χ4v) is 4.08. The first-order valence-corrected chi connectivity index (χ1v) is 9.98. The average Bonchev–Trinajstić information content (AvgIpc) is 2.88. The minimum atomic E-state index is 0.839. The van der Waals surface area contributed by atoms with Gasteiger partial charge in [-0.25, -0.2) is 4.98 Å². The maximum atomic E-state index is 5.69. The summed E-state index contributed by atoms with van der Waals surface area (Å²) in [6.07, 6.45) is 8.21. The SMILES string of the molecule is CCCCCCCCSSCc1nc2ccccc2o1. The third kappa shape index (κ3) is 5.41. The van der Waals surface area contributed by atoms with Crippen molar-refractivity contribution < 1.29 is 4.42 Å². The van der Waals surface area contributed by atoms with E-state index < -0.39 is 0 Å². The Morgan fingerprint density at radius 3 is 2.65 bits per heavy atom. The number of hydrogen-bond donors (Lipinski definition) is 0. The molecule has 0 N–H and O–H groups in total. The topological polar surface area (TPSA) is 26.0 Å². The van der Waals surface area contributed by atoms with Gasteiger partial charge in [0.1, 0.15) is 5.52 Å². The van der Waals surface area contributed by atoms with Crippen LogP contribution >= 0.6 is 21.6 Å². The minimum absolute atomic E-state index is 0.839. The van der Waals surface area contributed by atoms with Crippen molar-refractivity contribution in [2.75, 3.05) is 5.75 Å². The second-order valence-electron chi connectivity index (χ2n) is 4.93. The highest BCUT2D eigenvalue weighted by molar-refractivity contribution is 8.76. The van der Waals surface area contributed by atoms with Crippen molar-refractivity contribution >= 4 is 32.7 Å². The predicted molar refractivity (Wildman–Crippen MR) is 91.1 cm³/mol. The van der Waals surface area contributed by atoms with Crippen molar-refractivity contribution in [2.24, 2.45) is 0 Å². The molecule has 0 saturated heterocycles. The zero-order valence-electron chi connectivity index (χ0n) is 12.1. The lowest BCUT2D eigenvalue weighted by Gasteiger charge is -2.00. The molecule has 0 spiro atoms. The van der Waals surface area contributed by atoms with Crippen molar-refractivity contribution in [3.05, 3.63) is 30.2 Å². The molecule has 4 heteroatoms. The van der Waals surface area contributed by atoms with E-state index in [1.54, 1.807) is 0 Å². The third-order valence-corrected chi connectivity index (χ3v) is 5.53. The van der Waals surface area contributed by atoms with Gasteiger partial charge in [0.05, 0.1) is 5.75 Å². The van der Waals surface area contributed by atoms with Gasteiger partial charge in [-0.3, -0.25) is 0 Å². The number of para-hydroxylation sites is 2. The van der Waals surface area contributed by atoms with Gasteiger partial charge in [0.25, 0.3) is 0 Å². The highest BCUT2D eigenvalue weighted by atomic mass is 33.1. The number of rotatable bonds is 10. The van der Waals surface area contributed by atoms with Gasteiger partial charge in [0.15, 0.2) is 5.58 Å². The summed E-state index contributed by atoms with van der Waals surface area (Å²) >= 11 is 0. The molecule has 0 atom stereocenters. The number of nitrogens with zero attached hydrogens (tertiary/aromatic N) is 1. The van der Waals surface area contributed by atoms with Crippen LogP contribution in [0.5, 0.6) is 0 Å². The molecule has 1 aromatic heterocycles. The largest absolute Gasteiger partial charge is 0.440 e. The summed E-state index contributed by atoms with van der Waals surface area (Å²) in [6.45, 7) is 2.26. The lowest BCUT2D eigenvalue weighted by Crippen LogP contribution is -1.81. The molecule has 2 aromatic rings. The zero-order chi connectivity index (χ0) is 14.0. The second kappa shape index (κ2) is 9.35. The van der Waals surface area contributed by atoms with Gasteiger partial charge < -0.3 is 4.42 Å². The van der Waals surface area contributed by atoms with Crippen LogP contribution in [-0.2, 0) is 5.75 Å². The van der Waals surface area contributed by atoms with Gasteiger partial charge in [0, 0.05) is 5.75 Å². The van der Waals surface area contributed by atoms with Crippen LogP contribution in [0.25, 0.3) is 11.1 Å². The lowest BCUT2D eigenvalue weighted by molar-refractivity contribution is 0.556. The van der Waals surface area contributed by atoms with Crippen LogP contribution in [0.3, 0.4) is 0 Å². The molecular formula is C16H23NOS2. The van der Waals surface area contributed by atoms with E-state index in [4.69, 9.17) is 4.42 Å². The van der Waals surface area contributed by atoms with Crippen LogP contribution in [-0.4, -0.2) is 10.7 Å². The van der Waals surface area contributed by atoms with Crippen molar-refractivity contribution in [1.29, 1.82) is 0 Å². The summed E-state index contributed by atoms with van der Waals surface area (Å²) in [5.41, 5.74) is 1.85. The second-order valence-corrected chi connectivity index (χ2v) is 7.51. The Hall–Kier alpha value is -0.610. The van der Waals surface area contributed by atoms with Crippen LogP contribution in [0.15, 0.2) is 28.7 Å². The standard InChI is InChI=1S/C16H23NOS2/c1-2-3-4-5-6-9-12-19-20-13-16-17-14-10-7-8-11-15(14)18-16/h7-8,10-11H,2-6,9,12-13H2,1H3. The van der Waals surface area contributed by atoms with Gasteiger partial charge in [-0.2, -0.15) is 0 Å². The van der Waals surface area contributed by atoms with Crippen LogP contribution in [0, 0.1) is 0 Å². The van der Waals surface area contributed by atoms with Gasteiger partial charge in [0.2, 0.25) is 5.89 Å². The Bertz CT molecular complexity index is 465. The zero-order valence-corrected chi connectivity index (χ0v) is 13.8. The van der Waals surface area contributed by atoms with Crippen LogP contribution in [0.1, 0.15) is 51.3 Å². The lowest BCUT2D eigenvalue weighted by atomic mass is 10.1. The number of oxazole rings is 1. The molecule has 0 amide bonds. The molecule has 20 heavy (non-hydrogen) atoms. The van der Waals surface area contributed by atoms with E-state index >= 15 is 0 Å². The molecule has 1 heterocycles. The Morgan fingerprint density at radius 1 is 1.00 bits per heavy atom. The molecule has 1 aromatic carbocycles. The van der Waals surface area contributed by atoms with Crippen molar-refractivity contribution in [3.63, 3.8) is 0 Å². The summed E-state index contributed by atoms with van der Waals surface area (Å²) in [5.74, 6) is 2.93. The van der Waals surface area contributed by atoms with Gasteiger partial charge in [-0.05, 0) is 18.6 Å². The average molecular weight is 310 g/mol. The maximum Gasteiger partial charge on any atom is 0.206 e. The van der Waals surface area contributed by atoms with E-state index in [1.165, 1.54) is 44.3 Å². The molecule has 2 rings (SSSR count). The van der Waals surface area contributed by atoms with Crippen LogP contribution in [0.2, 0.25) is 0 Å². The van der Waals surface area contributed by atoms with Crippen molar-refractivity contribution in [1.82, 2.24) is 4.98 Å². The summed E-state index contributed by atoms with van der Waals surface area (Å²) < 4.78 is 5.69. The quantitative estimate of drug-likeness (QED) is 0.393. The number of unbranched alkanes of at least 4 members (excludes halogenated alkanes) is 5. The molecule has 0 aliphatic heterocycles.